The highest BCUT2D eigenvalue weighted by atomic mass is 16.7. The van der Waals surface area contributed by atoms with Gasteiger partial charge in [-0.25, -0.2) is 4.79 Å². The molecule has 0 atom stereocenters. The summed E-state index contributed by atoms with van der Waals surface area (Å²) in [5, 5.41) is 0.512. The second-order valence-corrected chi connectivity index (χ2v) is 15.8. The molecule has 1 aromatic rings. The van der Waals surface area contributed by atoms with Crippen LogP contribution in [0.4, 0.5) is 0 Å². The number of carbonyl (C=O) groups excluding carboxylic acids is 6. The minimum Gasteiger partial charge on any atom is -0.460 e. The second-order valence-electron chi connectivity index (χ2n) is 15.8. The van der Waals surface area contributed by atoms with Gasteiger partial charge in [-0.05, 0) is 72.1 Å². The quantitative estimate of drug-likeness (QED) is 0.0583. The molecule has 2 rings (SSSR count). The molecule has 0 saturated carbocycles. The number of hydrogen-bond acceptors (Lipinski definition) is 9. The Kier molecular flexibility index (Phi) is 19.7. The van der Waals surface area contributed by atoms with E-state index in [0.717, 1.165) is 44.1 Å². The van der Waals surface area contributed by atoms with Crippen molar-refractivity contribution in [2.24, 2.45) is 0 Å². The first-order valence-corrected chi connectivity index (χ1v) is 19.4. The summed E-state index contributed by atoms with van der Waals surface area (Å²) in [7, 11) is 0. The number of esters is 2. The van der Waals surface area contributed by atoms with Gasteiger partial charge in [0.1, 0.15) is 11.2 Å². The zero-order valence-corrected chi connectivity index (χ0v) is 32.7. The zero-order valence-electron chi connectivity index (χ0n) is 32.7. The maximum Gasteiger partial charge on any atom is 0.363 e. The summed E-state index contributed by atoms with van der Waals surface area (Å²) in [6.07, 6.45) is 16.8. The highest BCUT2D eigenvalue weighted by Crippen LogP contribution is 2.18. The standard InChI is InChI=1S/C41H64N2O9/c1-40(2,3)50-37(47)22-20-18-16-14-12-10-8-7-9-11-13-15-17-19-21-34(44)42(30-29-38(48)51-41(4,5)6)31-32-23-25-33(26-24-32)39(49)52-43-35(45)27-28-36(43)46/h23-26H,7-22,27-31H2,1-6H3. The zero-order chi connectivity index (χ0) is 38.6. The fourth-order valence-electron chi connectivity index (χ4n) is 5.89. The van der Waals surface area contributed by atoms with Crippen LogP contribution >= 0.6 is 0 Å². The van der Waals surface area contributed by atoms with Crippen LogP contribution in [0.2, 0.25) is 0 Å². The van der Waals surface area contributed by atoms with Gasteiger partial charge in [-0.3, -0.25) is 24.0 Å². The molecule has 0 unspecified atom stereocenters. The van der Waals surface area contributed by atoms with E-state index >= 15 is 0 Å². The summed E-state index contributed by atoms with van der Waals surface area (Å²) in [4.78, 5) is 80.2. The summed E-state index contributed by atoms with van der Waals surface area (Å²) in [6, 6.07) is 6.43. The van der Waals surface area contributed by atoms with E-state index in [0.29, 0.717) is 17.9 Å². The van der Waals surface area contributed by atoms with Gasteiger partial charge < -0.3 is 19.2 Å². The van der Waals surface area contributed by atoms with Crippen molar-refractivity contribution in [3.8, 4) is 0 Å². The van der Waals surface area contributed by atoms with Gasteiger partial charge in [0.25, 0.3) is 11.8 Å². The van der Waals surface area contributed by atoms with Gasteiger partial charge in [-0.15, -0.1) is 5.06 Å². The van der Waals surface area contributed by atoms with E-state index < -0.39 is 29.0 Å². The van der Waals surface area contributed by atoms with Crippen molar-refractivity contribution in [1.29, 1.82) is 0 Å². The predicted octanol–water partition coefficient (Wildman–Crippen LogP) is 8.55. The molecule has 1 aromatic carbocycles. The van der Waals surface area contributed by atoms with Crippen molar-refractivity contribution >= 4 is 35.6 Å². The first kappa shape index (κ1) is 44.4. The molecule has 292 valence electrons. The third-order valence-electron chi connectivity index (χ3n) is 8.54. The van der Waals surface area contributed by atoms with Crippen LogP contribution in [0.25, 0.3) is 0 Å². The van der Waals surface area contributed by atoms with Gasteiger partial charge in [0.2, 0.25) is 5.91 Å². The topological polar surface area (TPSA) is 137 Å². The van der Waals surface area contributed by atoms with E-state index in [2.05, 4.69) is 0 Å². The Morgan fingerprint density at radius 3 is 1.44 bits per heavy atom. The highest BCUT2D eigenvalue weighted by molar-refractivity contribution is 6.02. The van der Waals surface area contributed by atoms with Gasteiger partial charge in [-0.2, -0.15) is 0 Å². The molecule has 1 saturated heterocycles. The molecule has 1 heterocycles. The lowest BCUT2D eigenvalue weighted by atomic mass is 10.0. The van der Waals surface area contributed by atoms with E-state index in [4.69, 9.17) is 14.3 Å². The SMILES string of the molecule is CC(C)(C)OC(=O)CCCCCCCCCCCCCCCCC(=O)N(CCC(=O)OC(C)(C)C)Cc1ccc(C(=O)ON2C(=O)CCC2=O)cc1. The Balaban J connectivity index is 1.65. The smallest absolute Gasteiger partial charge is 0.363 e. The van der Waals surface area contributed by atoms with Crippen molar-refractivity contribution < 1.29 is 43.1 Å². The van der Waals surface area contributed by atoms with Crippen molar-refractivity contribution in [2.45, 2.75) is 181 Å². The summed E-state index contributed by atoms with van der Waals surface area (Å²) < 4.78 is 10.8. The molecular formula is C41H64N2O9. The minimum absolute atomic E-state index is 0.0163. The number of ether oxygens (including phenoxy) is 2. The van der Waals surface area contributed by atoms with Crippen LogP contribution in [0.3, 0.4) is 0 Å². The lowest BCUT2D eigenvalue weighted by Gasteiger charge is -2.24. The molecule has 1 aliphatic rings. The summed E-state index contributed by atoms with van der Waals surface area (Å²) in [5.74, 6) is -2.42. The van der Waals surface area contributed by atoms with Crippen molar-refractivity contribution in [1.82, 2.24) is 9.96 Å². The fraction of sp³-hybridized carbons (Fsp3) is 0.707. The first-order valence-electron chi connectivity index (χ1n) is 19.4. The van der Waals surface area contributed by atoms with E-state index in [1.54, 1.807) is 37.8 Å². The summed E-state index contributed by atoms with van der Waals surface area (Å²) in [6.45, 7) is 11.6. The molecular weight excluding hydrogens is 664 g/mol. The van der Waals surface area contributed by atoms with Crippen LogP contribution in [0.15, 0.2) is 24.3 Å². The van der Waals surface area contributed by atoms with Gasteiger partial charge in [0.15, 0.2) is 0 Å². The number of benzene rings is 1. The van der Waals surface area contributed by atoms with Crippen LogP contribution in [0.1, 0.15) is 179 Å². The number of nitrogens with zero attached hydrogens (tertiary/aromatic N) is 2. The Morgan fingerprint density at radius 1 is 0.596 bits per heavy atom. The van der Waals surface area contributed by atoms with Gasteiger partial charge in [-0.1, -0.05) is 89.2 Å². The minimum atomic E-state index is -0.815. The van der Waals surface area contributed by atoms with Crippen LogP contribution in [0.5, 0.6) is 0 Å². The highest BCUT2D eigenvalue weighted by Gasteiger charge is 2.33. The Hall–Kier alpha value is -3.76. The van der Waals surface area contributed by atoms with E-state index in [9.17, 15) is 28.8 Å². The molecule has 0 spiro atoms. The van der Waals surface area contributed by atoms with E-state index in [1.165, 1.54) is 63.5 Å². The molecule has 0 bridgehead atoms. The maximum atomic E-state index is 13.3. The van der Waals surface area contributed by atoms with Gasteiger partial charge >= 0.3 is 17.9 Å². The van der Waals surface area contributed by atoms with Crippen LogP contribution in [-0.4, -0.2) is 63.3 Å². The molecule has 0 N–H and O–H groups in total. The fourth-order valence-corrected chi connectivity index (χ4v) is 5.89. The lowest BCUT2D eigenvalue weighted by molar-refractivity contribution is -0.172. The molecule has 0 radical (unpaired) electrons. The second kappa shape index (κ2) is 23.0. The Bertz CT molecular complexity index is 1280. The Labute approximate surface area is 311 Å². The number of amides is 3. The summed E-state index contributed by atoms with van der Waals surface area (Å²) in [5.41, 5.74) is -0.0908. The van der Waals surface area contributed by atoms with Crippen LogP contribution in [-0.2, 0) is 44.8 Å². The number of rotatable bonds is 24. The lowest BCUT2D eigenvalue weighted by Crippen LogP contribution is -2.34. The van der Waals surface area contributed by atoms with Crippen LogP contribution in [0, 0.1) is 0 Å². The normalized spacial score (nSPS) is 13.3. The first-order chi connectivity index (χ1) is 24.5. The molecule has 11 nitrogen and oxygen atoms in total. The number of imide groups is 1. The average molecular weight is 729 g/mol. The Morgan fingerprint density at radius 2 is 1.00 bits per heavy atom. The third kappa shape index (κ3) is 19.7. The molecule has 1 fully saturated rings. The number of unbranched alkanes of at least 4 members (excludes halogenated alkanes) is 13. The molecule has 0 aliphatic carbocycles. The molecule has 1 aliphatic heterocycles. The van der Waals surface area contributed by atoms with Crippen LogP contribution < -0.4 is 0 Å². The van der Waals surface area contributed by atoms with Gasteiger partial charge in [0, 0.05) is 38.8 Å². The molecule has 52 heavy (non-hydrogen) atoms. The number of hydroxylamine groups is 2. The van der Waals surface area contributed by atoms with E-state index in [1.807, 2.05) is 20.8 Å². The monoisotopic (exact) mass is 728 g/mol. The van der Waals surface area contributed by atoms with E-state index in [-0.39, 0.29) is 55.8 Å². The number of hydrogen-bond donors (Lipinski definition) is 0. The maximum absolute atomic E-state index is 13.3. The largest absolute Gasteiger partial charge is 0.460 e. The third-order valence-corrected chi connectivity index (χ3v) is 8.54. The summed E-state index contributed by atoms with van der Waals surface area (Å²) >= 11 is 0. The average Bonchev–Trinajstić information content (AvgIpc) is 3.37. The van der Waals surface area contributed by atoms with Crippen molar-refractivity contribution in [2.75, 3.05) is 6.54 Å². The predicted molar refractivity (Wildman–Crippen MR) is 199 cm³/mol. The number of carbonyl (C=O) groups is 6. The molecule has 3 amide bonds. The van der Waals surface area contributed by atoms with Crippen molar-refractivity contribution in [3.63, 3.8) is 0 Å². The molecule has 0 aromatic heterocycles. The van der Waals surface area contributed by atoms with Gasteiger partial charge in [0.05, 0.1) is 12.0 Å². The van der Waals surface area contributed by atoms with Crippen molar-refractivity contribution in [3.05, 3.63) is 35.4 Å². The molecule has 11 heteroatoms.